The Balaban J connectivity index is 2.19. The molecule has 0 atom stereocenters. The van der Waals surface area contributed by atoms with Crippen LogP contribution in [0.1, 0.15) is 16.7 Å². The van der Waals surface area contributed by atoms with Crippen LogP contribution in [-0.4, -0.2) is 4.98 Å². The molecular formula is C14H15ClN2O. The largest absolute Gasteiger partial charge is 0.488 e. The fraction of sp³-hybridized carbons (Fsp3) is 0.214. The van der Waals surface area contributed by atoms with Gasteiger partial charge < -0.3 is 10.5 Å². The number of anilines is 1. The van der Waals surface area contributed by atoms with Crippen LogP contribution < -0.4 is 10.5 Å². The molecule has 2 aromatic rings. The lowest BCUT2D eigenvalue weighted by Crippen LogP contribution is -2.03. The lowest BCUT2D eigenvalue weighted by Gasteiger charge is -2.13. The van der Waals surface area contributed by atoms with Gasteiger partial charge in [0, 0.05) is 16.8 Å². The molecule has 18 heavy (non-hydrogen) atoms. The minimum absolute atomic E-state index is 0.406. The summed E-state index contributed by atoms with van der Waals surface area (Å²) in [5.74, 6) is 1.35. The van der Waals surface area contributed by atoms with Gasteiger partial charge in [0.25, 0.3) is 0 Å². The molecule has 4 heteroatoms. The first-order chi connectivity index (χ1) is 8.58. The van der Waals surface area contributed by atoms with Crippen LogP contribution in [0.4, 0.5) is 5.82 Å². The molecule has 0 unspecified atom stereocenters. The number of rotatable bonds is 3. The summed E-state index contributed by atoms with van der Waals surface area (Å²) in [6.45, 7) is 4.35. The lowest BCUT2D eigenvalue weighted by atomic mass is 10.1. The fourth-order valence-electron chi connectivity index (χ4n) is 1.85. The molecule has 0 saturated heterocycles. The van der Waals surface area contributed by atoms with Crippen molar-refractivity contribution in [1.29, 1.82) is 0 Å². The molecule has 2 rings (SSSR count). The normalized spacial score (nSPS) is 10.4. The van der Waals surface area contributed by atoms with Crippen LogP contribution in [0.5, 0.6) is 5.75 Å². The van der Waals surface area contributed by atoms with Gasteiger partial charge >= 0.3 is 0 Å². The van der Waals surface area contributed by atoms with Gasteiger partial charge in [-0.05, 0) is 43.2 Å². The van der Waals surface area contributed by atoms with E-state index in [2.05, 4.69) is 4.98 Å². The average Bonchev–Trinajstić information content (AvgIpc) is 2.30. The topological polar surface area (TPSA) is 48.1 Å². The van der Waals surface area contributed by atoms with E-state index < -0.39 is 0 Å². The Bertz CT molecular complexity index is 546. The fourth-order valence-corrected chi connectivity index (χ4v) is 2.18. The molecule has 0 bridgehead atoms. The summed E-state index contributed by atoms with van der Waals surface area (Å²) in [6, 6.07) is 7.52. The number of halogens is 1. The van der Waals surface area contributed by atoms with Crippen LogP contribution in [0, 0.1) is 13.8 Å². The second-order valence-corrected chi connectivity index (χ2v) is 4.64. The first-order valence-corrected chi connectivity index (χ1v) is 6.04. The Morgan fingerprint density at radius 3 is 2.56 bits per heavy atom. The van der Waals surface area contributed by atoms with Crippen molar-refractivity contribution in [2.45, 2.75) is 20.5 Å². The first-order valence-electron chi connectivity index (χ1n) is 5.67. The third kappa shape index (κ3) is 2.74. The van der Waals surface area contributed by atoms with Crippen molar-refractivity contribution in [3.63, 3.8) is 0 Å². The Labute approximate surface area is 112 Å². The van der Waals surface area contributed by atoms with Crippen molar-refractivity contribution in [2.24, 2.45) is 0 Å². The predicted octanol–water partition coefficient (Wildman–Crippen LogP) is 3.51. The SMILES string of the molecule is Cc1cc(Cl)cc(C)c1OCc1cccnc1N. The quantitative estimate of drug-likeness (QED) is 0.921. The summed E-state index contributed by atoms with van der Waals surface area (Å²) < 4.78 is 5.81. The maximum Gasteiger partial charge on any atom is 0.129 e. The molecular weight excluding hydrogens is 248 g/mol. The van der Waals surface area contributed by atoms with Crippen LogP contribution >= 0.6 is 11.6 Å². The zero-order valence-corrected chi connectivity index (χ0v) is 11.2. The van der Waals surface area contributed by atoms with Crippen molar-refractivity contribution >= 4 is 17.4 Å². The van der Waals surface area contributed by atoms with Gasteiger partial charge in [-0.15, -0.1) is 0 Å². The second kappa shape index (κ2) is 5.27. The number of aromatic nitrogens is 1. The van der Waals surface area contributed by atoms with Crippen LogP contribution in [0.3, 0.4) is 0 Å². The van der Waals surface area contributed by atoms with Crippen molar-refractivity contribution in [3.05, 3.63) is 52.2 Å². The molecule has 0 saturated carbocycles. The highest BCUT2D eigenvalue weighted by molar-refractivity contribution is 6.30. The molecule has 1 aromatic heterocycles. The smallest absolute Gasteiger partial charge is 0.129 e. The third-order valence-electron chi connectivity index (χ3n) is 2.72. The highest BCUT2D eigenvalue weighted by Gasteiger charge is 2.07. The van der Waals surface area contributed by atoms with Crippen molar-refractivity contribution in [2.75, 3.05) is 5.73 Å². The first kappa shape index (κ1) is 12.7. The number of benzene rings is 1. The number of nitrogens with zero attached hydrogens (tertiary/aromatic N) is 1. The van der Waals surface area contributed by atoms with Gasteiger partial charge in [-0.2, -0.15) is 0 Å². The number of hydrogen-bond acceptors (Lipinski definition) is 3. The molecule has 1 heterocycles. The number of hydrogen-bond donors (Lipinski definition) is 1. The van der Waals surface area contributed by atoms with Crippen molar-refractivity contribution in [1.82, 2.24) is 4.98 Å². The van der Waals surface area contributed by atoms with E-state index in [4.69, 9.17) is 22.1 Å². The van der Waals surface area contributed by atoms with Crippen LogP contribution in [-0.2, 0) is 6.61 Å². The minimum Gasteiger partial charge on any atom is -0.488 e. The van der Waals surface area contributed by atoms with E-state index in [-0.39, 0.29) is 0 Å². The number of nitrogens with two attached hydrogens (primary N) is 1. The van der Waals surface area contributed by atoms with E-state index in [0.29, 0.717) is 12.4 Å². The monoisotopic (exact) mass is 262 g/mol. The maximum atomic E-state index is 5.98. The van der Waals surface area contributed by atoms with E-state index >= 15 is 0 Å². The van der Waals surface area contributed by atoms with Crippen LogP contribution in [0.2, 0.25) is 5.02 Å². The molecule has 3 nitrogen and oxygen atoms in total. The highest BCUT2D eigenvalue weighted by atomic mass is 35.5. The molecule has 0 amide bonds. The maximum absolute atomic E-state index is 5.98. The van der Waals surface area contributed by atoms with Crippen molar-refractivity contribution in [3.8, 4) is 5.75 Å². The molecule has 94 valence electrons. The summed E-state index contributed by atoms with van der Waals surface area (Å²) in [6.07, 6.45) is 1.66. The summed E-state index contributed by atoms with van der Waals surface area (Å²) in [5, 5.41) is 0.721. The molecule has 0 aliphatic rings. The predicted molar refractivity (Wildman–Crippen MR) is 73.9 cm³/mol. The summed E-state index contributed by atoms with van der Waals surface area (Å²) >= 11 is 5.98. The van der Waals surface area contributed by atoms with E-state index in [1.165, 1.54) is 0 Å². The van der Waals surface area contributed by atoms with Gasteiger partial charge in [0.05, 0.1) is 0 Å². The Kier molecular flexibility index (Phi) is 3.72. The van der Waals surface area contributed by atoms with Crippen molar-refractivity contribution < 1.29 is 4.74 Å². The van der Waals surface area contributed by atoms with Gasteiger partial charge in [0.15, 0.2) is 0 Å². The van der Waals surface area contributed by atoms with E-state index in [1.807, 2.05) is 38.1 Å². The molecule has 0 spiro atoms. The van der Waals surface area contributed by atoms with E-state index in [1.54, 1.807) is 6.20 Å². The van der Waals surface area contributed by atoms with E-state index in [0.717, 1.165) is 27.5 Å². The van der Waals surface area contributed by atoms with Gasteiger partial charge in [-0.1, -0.05) is 17.7 Å². The zero-order valence-electron chi connectivity index (χ0n) is 10.4. The third-order valence-corrected chi connectivity index (χ3v) is 2.94. The Morgan fingerprint density at radius 2 is 1.94 bits per heavy atom. The molecule has 0 aliphatic heterocycles. The standard InChI is InChI=1S/C14H15ClN2O/c1-9-6-12(15)7-10(2)13(9)18-8-11-4-3-5-17-14(11)16/h3-7H,8H2,1-2H3,(H2,16,17). The highest BCUT2D eigenvalue weighted by Crippen LogP contribution is 2.28. The van der Waals surface area contributed by atoms with Gasteiger partial charge in [0.2, 0.25) is 0 Å². The Hall–Kier alpha value is -1.74. The number of ether oxygens (including phenoxy) is 1. The summed E-state index contributed by atoms with van der Waals surface area (Å²) in [5.41, 5.74) is 8.69. The van der Waals surface area contributed by atoms with Crippen LogP contribution in [0.15, 0.2) is 30.5 Å². The summed E-state index contributed by atoms with van der Waals surface area (Å²) in [4.78, 5) is 4.03. The Morgan fingerprint density at radius 1 is 1.28 bits per heavy atom. The average molecular weight is 263 g/mol. The lowest BCUT2D eigenvalue weighted by molar-refractivity contribution is 0.302. The van der Waals surface area contributed by atoms with Gasteiger partial charge in [0.1, 0.15) is 18.2 Å². The molecule has 1 aromatic carbocycles. The van der Waals surface area contributed by atoms with Gasteiger partial charge in [-0.3, -0.25) is 0 Å². The molecule has 0 radical (unpaired) electrons. The molecule has 0 fully saturated rings. The van der Waals surface area contributed by atoms with Gasteiger partial charge in [-0.25, -0.2) is 4.98 Å². The second-order valence-electron chi connectivity index (χ2n) is 4.21. The molecule has 0 aliphatic carbocycles. The number of aryl methyl sites for hydroxylation is 2. The molecule has 2 N–H and O–H groups in total. The number of pyridine rings is 1. The number of nitrogen functional groups attached to an aromatic ring is 1. The van der Waals surface area contributed by atoms with E-state index in [9.17, 15) is 0 Å². The zero-order chi connectivity index (χ0) is 13.1. The summed E-state index contributed by atoms with van der Waals surface area (Å²) in [7, 11) is 0. The van der Waals surface area contributed by atoms with Crippen LogP contribution in [0.25, 0.3) is 0 Å². The minimum atomic E-state index is 0.406.